The molecule has 2 aromatic rings. The van der Waals surface area contributed by atoms with Crippen LogP contribution in [-0.2, 0) is 6.18 Å². The largest absolute Gasteiger partial charge is 0.416 e. The Hall–Kier alpha value is -2.24. The van der Waals surface area contributed by atoms with E-state index in [-0.39, 0.29) is 0 Å². The maximum absolute atomic E-state index is 12.8. The number of piperazine rings is 1. The Labute approximate surface area is 133 Å². The third kappa shape index (κ3) is 3.57. The number of nitrogens with zero attached hydrogens (tertiary/aromatic N) is 3. The van der Waals surface area contributed by atoms with E-state index in [1.165, 1.54) is 12.1 Å². The van der Waals surface area contributed by atoms with Crippen molar-refractivity contribution in [1.29, 1.82) is 0 Å². The van der Waals surface area contributed by atoms with E-state index >= 15 is 0 Å². The van der Waals surface area contributed by atoms with Gasteiger partial charge in [-0.05, 0) is 37.3 Å². The quantitative estimate of drug-likeness (QED) is 0.840. The Morgan fingerprint density at radius 2 is 1.52 bits per heavy atom. The van der Waals surface area contributed by atoms with Crippen LogP contribution >= 0.6 is 0 Å². The van der Waals surface area contributed by atoms with Crippen LogP contribution in [0.5, 0.6) is 0 Å². The molecule has 0 radical (unpaired) electrons. The fourth-order valence-corrected chi connectivity index (χ4v) is 2.83. The Morgan fingerprint density at radius 1 is 0.913 bits per heavy atom. The summed E-state index contributed by atoms with van der Waals surface area (Å²) in [5.41, 5.74) is 2.11. The van der Waals surface area contributed by atoms with Gasteiger partial charge in [0.05, 0.1) is 5.56 Å². The average molecular weight is 321 g/mol. The molecule has 1 aromatic heterocycles. The van der Waals surface area contributed by atoms with Gasteiger partial charge in [0, 0.05) is 49.4 Å². The van der Waals surface area contributed by atoms with Crippen molar-refractivity contribution in [3.63, 3.8) is 0 Å². The number of pyridine rings is 1. The van der Waals surface area contributed by atoms with Gasteiger partial charge in [0.1, 0.15) is 0 Å². The molecule has 0 aliphatic carbocycles. The summed E-state index contributed by atoms with van der Waals surface area (Å²) in [7, 11) is 0. The van der Waals surface area contributed by atoms with Crippen molar-refractivity contribution in [2.24, 2.45) is 0 Å². The molecule has 0 spiro atoms. The van der Waals surface area contributed by atoms with Crippen LogP contribution in [0.15, 0.2) is 42.6 Å². The minimum Gasteiger partial charge on any atom is -0.368 e. The molecule has 2 heterocycles. The third-order valence-electron chi connectivity index (χ3n) is 4.06. The molecule has 0 bridgehead atoms. The van der Waals surface area contributed by atoms with Gasteiger partial charge < -0.3 is 9.80 Å². The molecular formula is C17H18F3N3. The van der Waals surface area contributed by atoms with Crippen molar-refractivity contribution in [2.45, 2.75) is 13.1 Å². The molecule has 1 aliphatic heterocycles. The zero-order valence-corrected chi connectivity index (χ0v) is 12.8. The van der Waals surface area contributed by atoms with Crippen LogP contribution in [-0.4, -0.2) is 31.2 Å². The summed E-state index contributed by atoms with van der Waals surface area (Å²) in [6.07, 6.45) is -2.52. The van der Waals surface area contributed by atoms with E-state index in [2.05, 4.69) is 9.88 Å². The third-order valence-corrected chi connectivity index (χ3v) is 4.06. The predicted octanol–water partition coefficient (Wildman–Crippen LogP) is 3.74. The number of rotatable bonds is 2. The lowest BCUT2D eigenvalue weighted by atomic mass is 10.1. The molecule has 23 heavy (non-hydrogen) atoms. The van der Waals surface area contributed by atoms with Crippen molar-refractivity contribution in [3.8, 4) is 0 Å². The molecule has 0 saturated carbocycles. The first-order valence-electron chi connectivity index (χ1n) is 7.53. The molecular weight excluding hydrogens is 303 g/mol. The molecule has 1 saturated heterocycles. The summed E-state index contributed by atoms with van der Waals surface area (Å²) in [4.78, 5) is 8.42. The average Bonchev–Trinajstić information content (AvgIpc) is 2.54. The van der Waals surface area contributed by atoms with Crippen LogP contribution < -0.4 is 9.80 Å². The second-order valence-corrected chi connectivity index (χ2v) is 5.68. The predicted molar refractivity (Wildman–Crippen MR) is 84.8 cm³/mol. The molecule has 0 unspecified atom stereocenters. The van der Waals surface area contributed by atoms with Crippen molar-refractivity contribution in [3.05, 3.63) is 53.9 Å². The molecule has 122 valence electrons. The Bertz CT molecular complexity index is 677. The van der Waals surface area contributed by atoms with Gasteiger partial charge in [0.2, 0.25) is 0 Å². The Kier molecular flexibility index (Phi) is 4.15. The molecule has 0 N–H and O–H groups in total. The topological polar surface area (TPSA) is 19.4 Å². The van der Waals surface area contributed by atoms with Crippen molar-refractivity contribution >= 4 is 11.4 Å². The standard InChI is InChI=1S/C17H18F3N3/c1-13-11-16(5-6-21-13)23-9-7-22(8-10-23)15-4-2-3-14(12-15)17(18,19)20/h2-6,11-12H,7-10H2,1H3. The van der Waals surface area contributed by atoms with Crippen LogP contribution in [0.4, 0.5) is 24.5 Å². The van der Waals surface area contributed by atoms with Crippen molar-refractivity contribution < 1.29 is 13.2 Å². The summed E-state index contributed by atoms with van der Waals surface area (Å²) in [6.45, 7) is 4.90. The number of anilines is 2. The lowest BCUT2D eigenvalue weighted by Crippen LogP contribution is -2.46. The van der Waals surface area contributed by atoms with Crippen LogP contribution in [0.2, 0.25) is 0 Å². The van der Waals surface area contributed by atoms with E-state index in [0.29, 0.717) is 18.8 Å². The molecule has 1 aromatic carbocycles. The SMILES string of the molecule is Cc1cc(N2CCN(c3cccc(C(F)(F)F)c3)CC2)ccn1. The van der Waals surface area contributed by atoms with Crippen molar-refractivity contribution in [2.75, 3.05) is 36.0 Å². The second-order valence-electron chi connectivity index (χ2n) is 5.68. The highest BCUT2D eigenvalue weighted by atomic mass is 19.4. The number of benzene rings is 1. The molecule has 1 aliphatic rings. The van der Waals surface area contributed by atoms with Gasteiger partial charge in [-0.1, -0.05) is 6.07 Å². The highest BCUT2D eigenvalue weighted by Gasteiger charge is 2.31. The van der Waals surface area contributed by atoms with Gasteiger partial charge in [-0.15, -0.1) is 0 Å². The first-order chi connectivity index (χ1) is 10.9. The van der Waals surface area contributed by atoms with E-state index in [9.17, 15) is 13.2 Å². The maximum Gasteiger partial charge on any atom is 0.416 e. The van der Waals surface area contributed by atoms with Gasteiger partial charge in [-0.3, -0.25) is 4.98 Å². The van der Waals surface area contributed by atoms with Gasteiger partial charge in [0.15, 0.2) is 0 Å². The van der Waals surface area contributed by atoms with E-state index in [1.807, 2.05) is 24.0 Å². The summed E-state index contributed by atoms with van der Waals surface area (Å²) in [5, 5.41) is 0. The zero-order chi connectivity index (χ0) is 16.4. The fraction of sp³-hybridized carbons (Fsp3) is 0.353. The minimum absolute atomic E-state index is 0.595. The lowest BCUT2D eigenvalue weighted by molar-refractivity contribution is -0.137. The van der Waals surface area contributed by atoms with Gasteiger partial charge in [0.25, 0.3) is 0 Å². The van der Waals surface area contributed by atoms with E-state index in [4.69, 9.17) is 0 Å². The number of aromatic nitrogens is 1. The van der Waals surface area contributed by atoms with Gasteiger partial charge in [-0.2, -0.15) is 13.2 Å². The first-order valence-corrected chi connectivity index (χ1v) is 7.53. The van der Waals surface area contributed by atoms with E-state index in [0.717, 1.165) is 30.5 Å². The Balaban J connectivity index is 1.70. The molecule has 1 fully saturated rings. The highest BCUT2D eigenvalue weighted by molar-refractivity contribution is 5.53. The van der Waals surface area contributed by atoms with Crippen LogP contribution in [0.3, 0.4) is 0 Å². The van der Waals surface area contributed by atoms with Crippen LogP contribution in [0, 0.1) is 6.92 Å². The lowest BCUT2D eigenvalue weighted by Gasteiger charge is -2.37. The molecule has 0 atom stereocenters. The van der Waals surface area contributed by atoms with Gasteiger partial charge in [-0.25, -0.2) is 0 Å². The van der Waals surface area contributed by atoms with Gasteiger partial charge >= 0.3 is 6.18 Å². The monoisotopic (exact) mass is 321 g/mol. The number of aryl methyl sites for hydroxylation is 1. The number of hydrogen-bond donors (Lipinski definition) is 0. The maximum atomic E-state index is 12.8. The summed E-state index contributed by atoms with van der Waals surface area (Å²) in [6, 6.07) is 9.54. The normalized spacial score (nSPS) is 15.8. The Morgan fingerprint density at radius 3 is 2.09 bits per heavy atom. The van der Waals surface area contributed by atoms with Crippen LogP contribution in [0.1, 0.15) is 11.3 Å². The smallest absolute Gasteiger partial charge is 0.368 e. The molecule has 0 amide bonds. The van der Waals surface area contributed by atoms with E-state index < -0.39 is 11.7 Å². The second kappa shape index (κ2) is 6.10. The van der Waals surface area contributed by atoms with Crippen molar-refractivity contribution in [1.82, 2.24) is 4.98 Å². The number of alkyl halides is 3. The molecule has 3 rings (SSSR count). The van der Waals surface area contributed by atoms with Crippen LogP contribution in [0.25, 0.3) is 0 Å². The first kappa shape index (κ1) is 15.6. The molecule has 6 heteroatoms. The number of halogens is 3. The number of hydrogen-bond acceptors (Lipinski definition) is 3. The zero-order valence-electron chi connectivity index (χ0n) is 12.8. The summed E-state index contributed by atoms with van der Waals surface area (Å²) < 4.78 is 38.5. The summed E-state index contributed by atoms with van der Waals surface area (Å²) >= 11 is 0. The highest BCUT2D eigenvalue weighted by Crippen LogP contribution is 2.32. The summed E-state index contributed by atoms with van der Waals surface area (Å²) in [5.74, 6) is 0. The fourth-order valence-electron chi connectivity index (χ4n) is 2.83. The van der Waals surface area contributed by atoms with E-state index in [1.54, 1.807) is 12.3 Å². The minimum atomic E-state index is -4.30. The molecule has 3 nitrogen and oxygen atoms in total.